The Morgan fingerprint density at radius 3 is 1.69 bits per heavy atom. The normalized spacial score (nSPS) is 16.6. The van der Waals surface area contributed by atoms with Crippen molar-refractivity contribution in [3.63, 3.8) is 0 Å². The van der Waals surface area contributed by atoms with E-state index in [4.69, 9.17) is 0 Å². The summed E-state index contributed by atoms with van der Waals surface area (Å²) in [6.45, 7) is 11.1. The fourth-order valence-corrected chi connectivity index (χ4v) is 4.03. The first kappa shape index (κ1) is 23.2. The molecule has 0 aromatic heterocycles. The van der Waals surface area contributed by atoms with E-state index in [2.05, 4.69) is 20.6 Å². The predicted octanol–water partition coefficient (Wildman–Crippen LogP) is 5.55. The number of rotatable bonds is 15. The molecule has 3 nitrogen and oxygen atoms in total. The van der Waals surface area contributed by atoms with Gasteiger partial charge in [-0.2, -0.15) is 0 Å². The maximum atomic E-state index is 11.7. The van der Waals surface area contributed by atoms with E-state index >= 15 is 0 Å². The van der Waals surface area contributed by atoms with Gasteiger partial charge in [-0.25, -0.2) is 0 Å². The third-order valence-corrected chi connectivity index (χ3v) is 6.11. The van der Waals surface area contributed by atoms with Crippen LogP contribution in [0.4, 0.5) is 0 Å². The number of nitrogens with zero attached hydrogens (tertiary/aromatic N) is 2. The van der Waals surface area contributed by atoms with E-state index in [-0.39, 0.29) is 5.91 Å². The van der Waals surface area contributed by atoms with Crippen LogP contribution in [0.1, 0.15) is 90.4 Å². The summed E-state index contributed by atoms with van der Waals surface area (Å²) < 4.78 is 1.14. The van der Waals surface area contributed by atoms with Crippen LogP contribution in [-0.4, -0.2) is 55.1 Å². The summed E-state index contributed by atoms with van der Waals surface area (Å²) in [5, 5.41) is 0. The number of quaternary nitrogens is 1. The lowest BCUT2D eigenvalue weighted by atomic mass is 10.0. The minimum atomic E-state index is 0.0946. The van der Waals surface area contributed by atoms with E-state index < -0.39 is 0 Å². The van der Waals surface area contributed by atoms with Gasteiger partial charge in [-0.05, 0) is 18.9 Å². The molecule has 1 heterocycles. The number of carbonyl (C=O) groups excluding carboxylic acids is 1. The molecule has 3 heteroatoms. The summed E-state index contributed by atoms with van der Waals surface area (Å²) in [5.74, 6) is 0.0946. The number of unbranched alkanes of at least 4 members (excludes halogenated alkanes) is 12. The molecule has 0 atom stereocenters. The van der Waals surface area contributed by atoms with Crippen LogP contribution in [0.5, 0.6) is 0 Å². The van der Waals surface area contributed by atoms with E-state index in [1.165, 1.54) is 96.1 Å². The number of carbonyl (C=O) groups is 1. The second-order valence-corrected chi connectivity index (χ2v) is 8.56. The van der Waals surface area contributed by atoms with Gasteiger partial charge in [0.15, 0.2) is 0 Å². The average Bonchev–Trinajstić information content (AvgIpc) is 2.65. The van der Waals surface area contributed by atoms with Gasteiger partial charge in [0.1, 0.15) is 0 Å². The lowest BCUT2D eigenvalue weighted by molar-refractivity contribution is -0.913. The molecule has 0 aliphatic carbocycles. The van der Waals surface area contributed by atoms with Crippen molar-refractivity contribution in [2.24, 2.45) is 0 Å². The molecule has 0 bridgehead atoms. The van der Waals surface area contributed by atoms with Crippen LogP contribution in [0, 0.1) is 0 Å². The van der Waals surface area contributed by atoms with Crippen molar-refractivity contribution in [3.8, 4) is 0 Å². The van der Waals surface area contributed by atoms with E-state index in [1.807, 2.05) is 4.90 Å². The quantitative estimate of drug-likeness (QED) is 0.212. The third kappa shape index (κ3) is 10.4. The van der Waals surface area contributed by atoms with Crippen LogP contribution in [0.15, 0.2) is 12.7 Å². The largest absolute Gasteiger partial charge is 0.328 e. The van der Waals surface area contributed by atoms with Gasteiger partial charge in [0.25, 0.3) is 0 Å². The van der Waals surface area contributed by atoms with Crippen molar-refractivity contribution in [3.05, 3.63) is 12.7 Å². The molecule has 1 rings (SSSR count). The summed E-state index contributed by atoms with van der Waals surface area (Å²) in [6.07, 6.45) is 19.9. The summed E-state index contributed by atoms with van der Waals surface area (Å²) in [5.41, 5.74) is 0. The van der Waals surface area contributed by atoms with Crippen molar-refractivity contribution in [2.75, 3.05) is 39.8 Å². The summed E-state index contributed by atoms with van der Waals surface area (Å²) >= 11 is 0. The number of likely N-dealkylation sites (N-methyl/N-ethyl adjacent to an activating group) is 1. The maximum Gasteiger partial charge on any atom is 0.246 e. The maximum absolute atomic E-state index is 11.7. The van der Waals surface area contributed by atoms with Crippen LogP contribution in [-0.2, 0) is 4.79 Å². The number of hydrogen-bond acceptors (Lipinski definition) is 1. The highest BCUT2D eigenvalue weighted by Crippen LogP contribution is 2.15. The second kappa shape index (κ2) is 14.3. The van der Waals surface area contributed by atoms with Gasteiger partial charge in [0.2, 0.25) is 5.91 Å². The Morgan fingerprint density at radius 2 is 1.27 bits per heavy atom. The average molecular weight is 366 g/mol. The molecule has 26 heavy (non-hydrogen) atoms. The molecule has 0 spiro atoms. The van der Waals surface area contributed by atoms with Crippen LogP contribution in [0.25, 0.3) is 0 Å². The van der Waals surface area contributed by atoms with Crippen LogP contribution in [0.3, 0.4) is 0 Å². The molecule has 1 saturated heterocycles. The molecule has 0 unspecified atom stereocenters. The van der Waals surface area contributed by atoms with Crippen LogP contribution in [0.2, 0.25) is 0 Å². The van der Waals surface area contributed by atoms with Gasteiger partial charge in [0, 0.05) is 0 Å². The number of amides is 1. The first-order valence-corrected chi connectivity index (χ1v) is 11.4. The van der Waals surface area contributed by atoms with Crippen molar-refractivity contribution in [1.29, 1.82) is 0 Å². The highest BCUT2D eigenvalue weighted by molar-refractivity contribution is 5.87. The predicted molar refractivity (Wildman–Crippen MR) is 113 cm³/mol. The van der Waals surface area contributed by atoms with Crippen molar-refractivity contribution in [2.45, 2.75) is 90.4 Å². The van der Waals surface area contributed by atoms with Gasteiger partial charge < -0.3 is 9.38 Å². The van der Waals surface area contributed by atoms with E-state index in [0.29, 0.717) is 0 Å². The Hall–Kier alpha value is -0.830. The van der Waals surface area contributed by atoms with E-state index in [9.17, 15) is 4.79 Å². The zero-order chi connectivity index (χ0) is 19.1. The Bertz CT molecular complexity index is 372. The smallest absolute Gasteiger partial charge is 0.246 e. The van der Waals surface area contributed by atoms with Gasteiger partial charge >= 0.3 is 0 Å². The highest BCUT2D eigenvalue weighted by Gasteiger charge is 2.29. The monoisotopic (exact) mass is 365 g/mol. The first-order valence-electron chi connectivity index (χ1n) is 11.4. The zero-order valence-electron chi connectivity index (χ0n) is 17.8. The van der Waals surface area contributed by atoms with Crippen LogP contribution >= 0.6 is 0 Å². The van der Waals surface area contributed by atoms with E-state index in [1.54, 1.807) is 0 Å². The zero-order valence-corrected chi connectivity index (χ0v) is 17.8. The minimum absolute atomic E-state index is 0.0946. The van der Waals surface area contributed by atoms with Crippen molar-refractivity contribution < 1.29 is 9.28 Å². The van der Waals surface area contributed by atoms with Crippen LogP contribution < -0.4 is 0 Å². The minimum Gasteiger partial charge on any atom is -0.328 e. The van der Waals surface area contributed by atoms with Gasteiger partial charge in [-0.3, -0.25) is 4.79 Å². The van der Waals surface area contributed by atoms with Crippen molar-refractivity contribution >= 4 is 5.91 Å². The first-order chi connectivity index (χ1) is 12.6. The lowest BCUT2D eigenvalue weighted by Crippen LogP contribution is -2.58. The third-order valence-electron chi connectivity index (χ3n) is 6.11. The Labute approximate surface area is 163 Å². The SMILES string of the molecule is C=CC(=O)N1CC[N+](C)(CCCCCCCCCCCCCCC)CC1. The summed E-state index contributed by atoms with van der Waals surface area (Å²) in [6, 6.07) is 0. The number of hydrogen-bond donors (Lipinski definition) is 0. The van der Waals surface area contributed by atoms with E-state index in [0.717, 1.165) is 30.7 Å². The molecule has 0 aromatic rings. The van der Waals surface area contributed by atoms with Crippen molar-refractivity contribution in [1.82, 2.24) is 4.90 Å². The molecule has 1 fully saturated rings. The highest BCUT2D eigenvalue weighted by atomic mass is 16.2. The Balaban J connectivity index is 1.90. The Morgan fingerprint density at radius 1 is 0.846 bits per heavy atom. The summed E-state index contributed by atoms with van der Waals surface area (Å²) in [4.78, 5) is 13.6. The lowest BCUT2D eigenvalue weighted by Gasteiger charge is -2.42. The Kier molecular flexibility index (Phi) is 12.7. The molecule has 1 amide bonds. The molecular weight excluding hydrogens is 320 g/mol. The van der Waals surface area contributed by atoms with Gasteiger partial charge in [0.05, 0.1) is 39.8 Å². The fraction of sp³-hybridized carbons (Fsp3) is 0.870. The molecule has 1 aliphatic rings. The van der Waals surface area contributed by atoms with Gasteiger partial charge in [-0.15, -0.1) is 0 Å². The van der Waals surface area contributed by atoms with Gasteiger partial charge in [-0.1, -0.05) is 84.1 Å². The molecule has 0 saturated carbocycles. The second-order valence-electron chi connectivity index (χ2n) is 8.56. The molecule has 0 N–H and O–H groups in total. The molecule has 152 valence electrons. The molecule has 0 aromatic carbocycles. The molecule has 0 radical (unpaired) electrons. The molecular formula is C23H45N2O+. The molecule has 1 aliphatic heterocycles. The topological polar surface area (TPSA) is 20.3 Å². The number of piperazine rings is 1. The fourth-order valence-electron chi connectivity index (χ4n) is 4.03. The standard InChI is InChI=1S/C23H45N2O/c1-4-6-7-8-9-10-11-12-13-14-15-16-17-20-25(3)21-18-24(19-22-25)23(26)5-2/h5H,2,4,6-22H2,1,3H3/q+1. The summed E-state index contributed by atoms with van der Waals surface area (Å²) in [7, 11) is 2.36.